The molecule has 0 saturated carbocycles. The summed E-state index contributed by atoms with van der Waals surface area (Å²) >= 11 is 0. The van der Waals surface area contributed by atoms with E-state index < -0.39 is 17.7 Å². The van der Waals surface area contributed by atoms with E-state index in [2.05, 4.69) is 5.32 Å². The van der Waals surface area contributed by atoms with E-state index in [4.69, 9.17) is 4.74 Å². The largest absolute Gasteiger partial charge is 0.478 e. The Morgan fingerprint density at radius 3 is 2.46 bits per heavy atom. The van der Waals surface area contributed by atoms with Gasteiger partial charge in [-0.05, 0) is 66.4 Å². The minimum absolute atomic E-state index is 0.242. The standard InChI is InChI=1S/C23H23NO4/c1-23(2,3)28-22(27)24-14-15-7-6-9-16(11-15)20-13-18(21(25)26)12-17-8-4-5-10-19(17)20/h4-13H,14H2,1-3H3,(H,24,27)(H,25,26). The molecule has 3 rings (SSSR count). The Morgan fingerprint density at radius 2 is 1.75 bits per heavy atom. The minimum Gasteiger partial charge on any atom is -0.478 e. The summed E-state index contributed by atoms with van der Waals surface area (Å²) in [5.41, 5.74) is 2.32. The van der Waals surface area contributed by atoms with Crippen molar-refractivity contribution in [3.8, 4) is 11.1 Å². The highest BCUT2D eigenvalue weighted by Crippen LogP contribution is 2.31. The Labute approximate surface area is 164 Å². The third kappa shape index (κ3) is 4.68. The van der Waals surface area contributed by atoms with Crippen molar-refractivity contribution in [1.82, 2.24) is 5.32 Å². The predicted octanol–water partition coefficient (Wildman–Crippen LogP) is 5.23. The summed E-state index contributed by atoms with van der Waals surface area (Å²) in [4.78, 5) is 23.4. The lowest BCUT2D eigenvalue weighted by molar-refractivity contribution is 0.0523. The summed E-state index contributed by atoms with van der Waals surface area (Å²) in [6.07, 6.45) is -0.476. The number of carbonyl (C=O) groups excluding carboxylic acids is 1. The number of carboxylic acid groups (broad SMARTS) is 1. The zero-order valence-electron chi connectivity index (χ0n) is 16.2. The Hall–Kier alpha value is -3.34. The zero-order valence-corrected chi connectivity index (χ0v) is 16.2. The zero-order chi connectivity index (χ0) is 20.3. The van der Waals surface area contributed by atoms with Gasteiger partial charge in [0.1, 0.15) is 5.60 Å². The summed E-state index contributed by atoms with van der Waals surface area (Å²) in [5.74, 6) is -0.963. The number of ether oxygens (including phenoxy) is 1. The highest BCUT2D eigenvalue weighted by Gasteiger charge is 2.16. The molecule has 5 nitrogen and oxygen atoms in total. The highest BCUT2D eigenvalue weighted by atomic mass is 16.6. The van der Waals surface area contributed by atoms with Crippen LogP contribution in [0.4, 0.5) is 4.79 Å². The fourth-order valence-corrected chi connectivity index (χ4v) is 3.01. The second-order valence-electron chi connectivity index (χ2n) is 7.61. The second kappa shape index (κ2) is 7.72. The van der Waals surface area contributed by atoms with Crippen LogP contribution in [0.15, 0.2) is 60.7 Å². The summed E-state index contributed by atoms with van der Waals surface area (Å²) < 4.78 is 5.26. The Morgan fingerprint density at radius 1 is 1.00 bits per heavy atom. The van der Waals surface area contributed by atoms with Crippen molar-refractivity contribution >= 4 is 22.8 Å². The predicted molar refractivity (Wildman–Crippen MR) is 109 cm³/mol. The van der Waals surface area contributed by atoms with E-state index in [-0.39, 0.29) is 5.56 Å². The first-order valence-corrected chi connectivity index (χ1v) is 9.05. The van der Waals surface area contributed by atoms with Gasteiger partial charge in [-0.2, -0.15) is 0 Å². The third-order valence-corrected chi connectivity index (χ3v) is 4.18. The van der Waals surface area contributed by atoms with Crippen molar-refractivity contribution in [2.75, 3.05) is 0 Å². The van der Waals surface area contributed by atoms with Crippen LogP contribution in [0.2, 0.25) is 0 Å². The number of hydrogen-bond acceptors (Lipinski definition) is 3. The van der Waals surface area contributed by atoms with Crippen molar-refractivity contribution in [2.24, 2.45) is 0 Å². The lowest BCUT2D eigenvalue weighted by Crippen LogP contribution is -2.32. The van der Waals surface area contributed by atoms with Gasteiger partial charge in [-0.3, -0.25) is 0 Å². The van der Waals surface area contributed by atoms with Crippen LogP contribution in [0.1, 0.15) is 36.7 Å². The molecule has 0 aliphatic heterocycles. The van der Waals surface area contributed by atoms with Gasteiger partial charge >= 0.3 is 12.1 Å². The molecule has 0 aromatic heterocycles. The number of nitrogens with one attached hydrogen (secondary N) is 1. The van der Waals surface area contributed by atoms with Crippen molar-refractivity contribution in [1.29, 1.82) is 0 Å². The summed E-state index contributed by atoms with van der Waals surface area (Å²) in [5, 5.41) is 14.0. The average molecular weight is 377 g/mol. The number of alkyl carbamates (subject to hydrolysis) is 1. The lowest BCUT2D eigenvalue weighted by atomic mass is 9.94. The molecule has 0 radical (unpaired) electrons. The van der Waals surface area contributed by atoms with Gasteiger partial charge in [-0.25, -0.2) is 9.59 Å². The number of benzene rings is 3. The molecule has 0 saturated heterocycles. The normalized spacial score (nSPS) is 11.2. The molecule has 0 unspecified atom stereocenters. The Kier molecular flexibility index (Phi) is 5.36. The van der Waals surface area contributed by atoms with Crippen LogP contribution >= 0.6 is 0 Å². The van der Waals surface area contributed by atoms with E-state index in [1.165, 1.54) is 0 Å². The van der Waals surface area contributed by atoms with Gasteiger partial charge < -0.3 is 15.2 Å². The molecule has 0 fully saturated rings. The van der Waals surface area contributed by atoms with Gasteiger partial charge in [0.05, 0.1) is 5.56 Å². The van der Waals surface area contributed by atoms with Gasteiger partial charge in [0, 0.05) is 6.54 Å². The number of hydrogen-bond donors (Lipinski definition) is 2. The van der Waals surface area contributed by atoms with Crippen molar-refractivity contribution < 1.29 is 19.4 Å². The third-order valence-electron chi connectivity index (χ3n) is 4.18. The van der Waals surface area contributed by atoms with Crippen LogP contribution < -0.4 is 5.32 Å². The SMILES string of the molecule is CC(C)(C)OC(=O)NCc1cccc(-c2cc(C(=O)O)cc3ccccc23)c1. The van der Waals surface area contributed by atoms with Gasteiger partial charge in [0.2, 0.25) is 0 Å². The van der Waals surface area contributed by atoms with Crippen molar-refractivity contribution in [3.63, 3.8) is 0 Å². The van der Waals surface area contributed by atoms with E-state index >= 15 is 0 Å². The van der Waals surface area contributed by atoms with Crippen LogP contribution in [0.5, 0.6) is 0 Å². The molecule has 5 heteroatoms. The highest BCUT2D eigenvalue weighted by molar-refractivity contribution is 6.02. The molecule has 2 N–H and O–H groups in total. The van der Waals surface area contributed by atoms with E-state index in [1.54, 1.807) is 12.1 Å². The molecule has 0 aliphatic carbocycles. The van der Waals surface area contributed by atoms with Gasteiger partial charge in [0.15, 0.2) is 0 Å². The second-order valence-corrected chi connectivity index (χ2v) is 7.61. The molecule has 144 valence electrons. The number of rotatable bonds is 4. The lowest BCUT2D eigenvalue weighted by Gasteiger charge is -2.19. The maximum Gasteiger partial charge on any atom is 0.407 e. The van der Waals surface area contributed by atoms with E-state index in [0.717, 1.165) is 27.5 Å². The topological polar surface area (TPSA) is 75.6 Å². The molecular formula is C23H23NO4. The van der Waals surface area contributed by atoms with Gasteiger partial charge in [0.25, 0.3) is 0 Å². The molecule has 0 aliphatic rings. The average Bonchev–Trinajstić information content (AvgIpc) is 2.64. The molecule has 28 heavy (non-hydrogen) atoms. The van der Waals surface area contributed by atoms with E-state index in [9.17, 15) is 14.7 Å². The number of aromatic carboxylic acids is 1. The monoisotopic (exact) mass is 377 g/mol. The summed E-state index contributed by atoms with van der Waals surface area (Å²) in [6, 6.07) is 18.7. The molecule has 0 spiro atoms. The molecule has 0 heterocycles. The van der Waals surface area contributed by atoms with Crippen molar-refractivity contribution in [2.45, 2.75) is 32.9 Å². The Bertz CT molecular complexity index is 1030. The van der Waals surface area contributed by atoms with Crippen molar-refractivity contribution in [3.05, 3.63) is 71.8 Å². The maximum atomic E-state index is 11.9. The smallest absolute Gasteiger partial charge is 0.407 e. The van der Waals surface area contributed by atoms with E-state index in [0.29, 0.717) is 6.54 Å². The minimum atomic E-state index is -0.963. The quantitative estimate of drug-likeness (QED) is 0.653. The van der Waals surface area contributed by atoms with Gasteiger partial charge in [-0.15, -0.1) is 0 Å². The summed E-state index contributed by atoms with van der Waals surface area (Å²) in [6.45, 7) is 5.76. The van der Waals surface area contributed by atoms with Crippen LogP contribution in [0.25, 0.3) is 21.9 Å². The molecule has 1 amide bonds. The summed E-state index contributed by atoms with van der Waals surface area (Å²) in [7, 11) is 0. The maximum absolute atomic E-state index is 11.9. The molecule has 3 aromatic carbocycles. The van der Waals surface area contributed by atoms with Crippen LogP contribution in [-0.2, 0) is 11.3 Å². The fraction of sp³-hybridized carbons (Fsp3) is 0.217. The molecular weight excluding hydrogens is 354 g/mol. The first kappa shape index (κ1) is 19.4. The first-order chi connectivity index (χ1) is 13.2. The molecule has 3 aromatic rings. The van der Waals surface area contributed by atoms with Crippen LogP contribution in [0, 0.1) is 0 Å². The van der Waals surface area contributed by atoms with Crippen LogP contribution in [0.3, 0.4) is 0 Å². The molecule has 0 bridgehead atoms. The number of amides is 1. The molecule has 0 atom stereocenters. The van der Waals surface area contributed by atoms with Crippen LogP contribution in [-0.4, -0.2) is 22.8 Å². The number of carboxylic acids is 1. The Balaban J connectivity index is 1.92. The number of fused-ring (bicyclic) bond motifs is 1. The fourth-order valence-electron chi connectivity index (χ4n) is 3.01. The first-order valence-electron chi connectivity index (χ1n) is 9.05. The number of carbonyl (C=O) groups is 2. The van der Waals surface area contributed by atoms with Gasteiger partial charge in [-0.1, -0.05) is 42.5 Å². The van der Waals surface area contributed by atoms with E-state index in [1.807, 2.05) is 69.3 Å².